The van der Waals surface area contributed by atoms with Crippen LogP contribution in [0.1, 0.15) is 31.2 Å². The Labute approximate surface area is 142 Å². The highest BCUT2D eigenvalue weighted by Gasteiger charge is 2.22. The van der Waals surface area contributed by atoms with E-state index < -0.39 is 0 Å². The molecule has 1 atom stereocenters. The first-order valence-corrected chi connectivity index (χ1v) is 8.54. The minimum absolute atomic E-state index is 0.537. The molecule has 1 aliphatic heterocycles. The first kappa shape index (κ1) is 16.5. The highest BCUT2D eigenvalue weighted by atomic mass is 16.5. The van der Waals surface area contributed by atoms with Gasteiger partial charge in [-0.25, -0.2) is 4.98 Å². The summed E-state index contributed by atoms with van der Waals surface area (Å²) < 4.78 is 7.70. The van der Waals surface area contributed by atoms with E-state index in [4.69, 9.17) is 10.00 Å². The lowest BCUT2D eigenvalue weighted by Gasteiger charge is -2.35. The van der Waals surface area contributed by atoms with Crippen molar-refractivity contribution in [1.82, 2.24) is 19.7 Å². The van der Waals surface area contributed by atoms with Crippen LogP contribution in [0.2, 0.25) is 0 Å². The Morgan fingerprint density at radius 2 is 2.12 bits per heavy atom. The van der Waals surface area contributed by atoms with E-state index in [1.54, 1.807) is 24.8 Å². The first-order chi connectivity index (χ1) is 11.8. The van der Waals surface area contributed by atoms with Crippen LogP contribution in [-0.2, 0) is 6.54 Å². The molecule has 1 aliphatic rings. The summed E-state index contributed by atoms with van der Waals surface area (Å²) in [5.41, 5.74) is 0.659. The molecular weight excluding hydrogens is 302 g/mol. The molecule has 2 heterocycles. The topological polar surface area (TPSA) is 67.0 Å². The molecule has 1 saturated heterocycles. The van der Waals surface area contributed by atoms with E-state index in [0.29, 0.717) is 18.2 Å². The van der Waals surface area contributed by atoms with Gasteiger partial charge in [0, 0.05) is 12.6 Å². The number of nitrogens with zero attached hydrogens (tertiary/aromatic N) is 5. The van der Waals surface area contributed by atoms with Crippen molar-refractivity contribution < 1.29 is 4.74 Å². The van der Waals surface area contributed by atoms with Crippen molar-refractivity contribution in [3.8, 4) is 11.8 Å². The van der Waals surface area contributed by atoms with E-state index in [-0.39, 0.29) is 0 Å². The van der Waals surface area contributed by atoms with Crippen LogP contribution >= 0.6 is 0 Å². The second kappa shape index (κ2) is 8.46. The average molecular weight is 325 g/mol. The summed E-state index contributed by atoms with van der Waals surface area (Å²) in [5, 5.41) is 13.0. The fourth-order valence-electron chi connectivity index (χ4n) is 3.19. The van der Waals surface area contributed by atoms with Gasteiger partial charge in [-0.3, -0.25) is 9.58 Å². The van der Waals surface area contributed by atoms with Crippen molar-refractivity contribution in [2.75, 3.05) is 19.7 Å². The third-order valence-electron chi connectivity index (χ3n) is 4.46. The number of rotatable bonds is 7. The predicted octanol–water partition coefficient (Wildman–Crippen LogP) is 2.47. The molecule has 0 unspecified atom stereocenters. The molecule has 6 nitrogen and oxygen atoms in total. The van der Waals surface area contributed by atoms with Crippen LogP contribution in [-0.4, -0.2) is 45.4 Å². The summed E-state index contributed by atoms with van der Waals surface area (Å²) in [6, 6.07) is 9.93. The van der Waals surface area contributed by atoms with Gasteiger partial charge in [-0.2, -0.15) is 10.4 Å². The summed E-state index contributed by atoms with van der Waals surface area (Å²) in [5.74, 6) is 0.826. The van der Waals surface area contributed by atoms with E-state index in [1.165, 1.54) is 19.3 Å². The zero-order valence-corrected chi connectivity index (χ0v) is 13.8. The molecule has 0 N–H and O–H groups in total. The molecule has 1 fully saturated rings. The normalized spacial score (nSPS) is 18.2. The summed E-state index contributed by atoms with van der Waals surface area (Å²) in [7, 11) is 0. The monoisotopic (exact) mass is 325 g/mol. The second-order valence-electron chi connectivity index (χ2n) is 6.14. The van der Waals surface area contributed by atoms with Gasteiger partial charge in [-0.1, -0.05) is 6.42 Å². The van der Waals surface area contributed by atoms with Crippen molar-refractivity contribution in [2.45, 2.75) is 38.3 Å². The maximum atomic E-state index is 8.80. The molecular formula is C18H23N5O. The smallest absolute Gasteiger partial charge is 0.137 e. The second-order valence-corrected chi connectivity index (χ2v) is 6.14. The van der Waals surface area contributed by atoms with Crippen LogP contribution in [0.5, 0.6) is 5.75 Å². The maximum Gasteiger partial charge on any atom is 0.137 e. The third kappa shape index (κ3) is 4.56. The summed E-state index contributed by atoms with van der Waals surface area (Å²) in [6.07, 6.45) is 8.16. The van der Waals surface area contributed by atoms with Gasteiger partial charge < -0.3 is 4.74 Å². The van der Waals surface area contributed by atoms with Crippen LogP contribution in [0.25, 0.3) is 0 Å². The number of aromatic nitrogens is 3. The van der Waals surface area contributed by atoms with E-state index in [2.05, 4.69) is 21.1 Å². The van der Waals surface area contributed by atoms with Crippen molar-refractivity contribution in [2.24, 2.45) is 0 Å². The quantitative estimate of drug-likeness (QED) is 0.732. The number of likely N-dealkylation sites (tertiary alicyclic amines) is 1. The highest BCUT2D eigenvalue weighted by molar-refractivity contribution is 5.34. The molecule has 0 bridgehead atoms. The van der Waals surface area contributed by atoms with Gasteiger partial charge in [0.15, 0.2) is 0 Å². The van der Waals surface area contributed by atoms with Crippen molar-refractivity contribution >= 4 is 0 Å². The molecule has 6 heteroatoms. The number of hydrogen-bond donors (Lipinski definition) is 0. The molecule has 0 radical (unpaired) electrons. The van der Waals surface area contributed by atoms with Gasteiger partial charge in [0.25, 0.3) is 0 Å². The summed E-state index contributed by atoms with van der Waals surface area (Å²) in [4.78, 5) is 6.58. The predicted molar refractivity (Wildman–Crippen MR) is 90.5 cm³/mol. The van der Waals surface area contributed by atoms with E-state index in [0.717, 1.165) is 31.8 Å². The van der Waals surface area contributed by atoms with Gasteiger partial charge in [0.05, 0.1) is 24.8 Å². The molecule has 1 aromatic heterocycles. The maximum absolute atomic E-state index is 8.80. The largest absolute Gasteiger partial charge is 0.494 e. The van der Waals surface area contributed by atoms with Crippen molar-refractivity contribution in [3.63, 3.8) is 0 Å². The molecule has 0 spiro atoms. The van der Waals surface area contributed by atoms with E-state index in [9.17, 15) is 0 Å². The number of nitriles is 1. The Bertz CT molecular complexity index is 647. The van der Waals surface area contributed by atoms with Crippen LogP contribution in [0.4, 0.5) is 0 Å². The molecule has 2 aromatic rings. The first-order valence-electron chi connectivity index (χ1n) is 8.54. The Morgan fingerprint density at radius 3 is 2.88 bits per heavy atom. The van der Waals surface area contributed by atoms with Gasteiger partial charge >= 0.3 is 0 Å². The minimum atomic E-state index is 0.537. The molecule has 0 amide bonds. The Morgan fingerprint density at radius 1 is 1.25 bits per heavy atom. The fourth-order valence-corrected chi connectivity index (χ4v) is 3.19. The number of ether oxygens (including phenoxy) is 1. The highest BCUT2D eigenvalue weighted by Crippen LogP contribution is 2.19. The van der Waals surface area contributed by atoms with E-state index >= 15 is 0 Å². The Balaban J connectivity index is 1.43. The van der Waals surface area contributed by atoms with Crippen LogP contribution < -0.4 is 4.74 Å². The fraction of sp³-hybridized carbons (Fsp3) is 0.500. The Hall–Kier alpha value is -2.39. The molecule has 0 aliphatic carbocycles. The van der Waals surface area contributed by atoms with E-state index in [1.807, 2.05) is 16.8 Å². The van der Waals surface area contributed by atoms with Gasteiger partial charge in [0.2, 0.25) is 0 Å². The number of hydrogen-bond acceptors (Lipinski definition) is 5. The van der Waals surface area contributed by atoms with Crippen molar-refractivity contribution in [3.05, 3.63) is 42.5 Å². The standard InChI is InChI=1S/C18H23N5O/c19-12-16-5-7-18(8-6-16)24-11-3-10-22-9-2-1-4-17(22)13-23-15-20-14-21-23/h5-8,14-15,17H,1-4,9-11,13H2/t17-/m0/s1. The lowest BCUT2D eigenvalue weighted by atomic mass is 10.0. The molecule has 0 saturated carbocycles. The Kier molecular flexibility index (Phi) is 5.80. The molecule has 24 heavy (non-hydrogen) atoms. The molecule has 3 rings (SSSR count). The minimum Gasteiger partial charge on any atom is -0.494 e. The SMILES string of the molecule is N#Cc1ccc(OCCCN2CCCC[C@H]2Cn2cncn2)cc1. The van der Waals surface area contributed by atoms with Crippen molar-refractivity contribution in [1.29, 1.82) is 5.26 Å². The lowest BCUT2D eigenvalue weighted by molar-refractivity contribution is 0.121. The van der Waals surface area contributed by atoms with Gasteiger partial charge in [-0.15, -0.1) is 0 Å². The molecule has 126 valence electrons. The lowest BCUT2D eigenvalue weighted by Crippen LogP contribution is -2.43. The van der Waals surface area contributed by atoms with Crippen LogP contribution in [0, 0.1) is 11.3 Å². The third-order valence-corrected chi connectivity index (χ3v) is 4.46. The molecule has 1 aromatic carbocycles. The summed E-state index contributed by atoms with van der Waals surface area (Å²) >= 11 is 0. The average Bonchev–Trinajstić information content (AvgIpc) is 3.13. The zero-order valence-electron chi connectivity index (χ0n) is 13.8. The number of piperidine rings is 1. The van der Waals surface area contributed by atoms with Crippen LogP contribution in [0.3, 0.4) is 0 Å². The zero-order chi connectivity index (χ0) is 16.6. The summed E-state index contributed by atoms with van der Waals surface area (Å²) in [6.45, 7) is 3.79. The van der Waals surface area contributed by atoms with Gasteiger partial charge in [-0.05, 0) is 50.1 Å². The van der Waals surface area contributed by atoms with Gasteiger partial charge in [0.1, 0.15) is 18.4 Å². The number of benzene rings is 1. The van der Waals surface area contributed by atoms with Crippen LogP contribution in [0.15, 0.2) is 36.9 Å².